The Hall–Kier alpha value is -2.41. The van der Waals surface area contributed by atoms with Crippen molar-refractivity contribution >= 4 is 5.97 Å². The third kappa shape index (κ3) is 6.05. The van der Waals surface area contributed by atoms with Crippen LogP contribution in [0.1, 0.15) is 17.3 Å². The Morgan fingerprint density at radius 3 is 2.19 bits per heavy atom. The minimum Gasteiger partial charge on any atom is -0.507 e. The molecule has 0 atom stereocenters. The molecule has 0 radical (unpaired) electrons. The molecule has 0 bridgehead atoms. The van der Waals surface area contributed by atoms with Crippen molar-refractivity contribution in [1.82, 2.24) is 0 Å². The molecule has 0 aliphatic rings. The first kappa shape index (κ1) is 16.6. The molecule has 7 N–H and O–H groups in total. The number of phenols is 1. The first-order chi connectivity index (χ1) is 9.68. The molecule has 0 spiro atoms. The number of nitrogens with two attached hydrogens (primary N) is 2. The van der Waals surface area contributed by atoms with Crippen LogP contribution in [0.3, 0.4) is 0 Å². The van der Waals surface area contributed by atoms with Gasteiger partial charge < -0.3 is 15.3 Å². The van der Waals surface area contributed by atoms with Gasteiger partial charge in [-0.15, -0.1) is 0 Å². The number of carboxylic acids is 1. The summed E-state index contributed by atoms with van der Waals surface area (Å²) in [4.78, 5) is 10.8. The summed E-state index contributed by atoms with van der Waals surface area (Å²) in [7, 11) is 0. The second kappa shape index (κ2) is 6.85. The van der Waals surface area contributed by atoms with Gasteiger partial charge in [0.15, 0.2) is 5.85 Å². The zero-order valence-corrected chi connectivity index (χ0v) is 11.5. The van der Waals surface area contributed by atoms with Crippen LogP contribution in [0.25, 0.3) is 11.1 Å². The molecule has 0 amide bonds. The van der Waals surface area contributed by atoms with Crippen molar-refractivity contribution in [2.75, 3.05) is 0 Å². The lowest BCUT2D eigenvalue weighted by atomic mass is 10.0. The minimum absolute atomic E-state index is 0.144. The number of phenolic OH excluding ortho intramolecular Hbond substituents is 1. The van der Waals surface area contributed by atoms with Crippen molar-refractivity contribution in [3.05, 3.63) is 54.1 Å². The van der Waals surface area contributed by atoms with Crippen molar-refractivity contribution in [1.29, 1.82) is 0 Å². The molecular weight excluding hydrogens is 272 g/mol. The second-order valence-corrected chi connectivity index (χ2v) is 4.63. The molecule has 0 aliphatic heterocycles. The summed E-state index contributed by atoms with van der Waals surface area (Å²) in [5.74, 6) is -2.33. The highest BCUT2D eigenvalue weighted by Crippen LogP contribution is 2.28. The average molecular weight is 290 g/mol. The molecule has 0 fully saturated rings. The Bertz CT molecular complexity index is 615. The quantitative estimate of drug-likeness (QED) is 0.530. The fraction of sp³-hybridized carbons (Fsp3) is 0.133. The van der Waals surface area contributed by atoms with Crippen LogP contribution >= 0.6 is 0 Å². The summed E-state index contributed by atoms with van der Waals surface area (Å²) in [5, 5.41) is 26.6. The first-order valence-corrected chi connectivity index (χ1v) is 6.10. The second-order valence-electron chi connectivity index (χ2n) is 4.63. The average Bonchev–Trinajstić information content (AvgIpc) is 2.37. The zero-order chi connectivity index (χ0) is 16.0. The van der Waals surface area contributed by atoms with Gasteiger partial charge in [-0.3, -0.25) is 11.5 Å². The van der Waals surface area contributed by atoms with Crippen LogP contribution in [0.4, 0.5) is 0 Å². The highest BCUT2D eigenvalue weighted by atomic mass is 16.4. The Balaban J connectivity index is 0.000000383. The van der Waals surface area contributed by atoms with Crippen LogP contribution < -0.4 is 11.5 Å². The van der Waals surface area contributed by atoms with Crippen LogP contribution in [0.15, 0.2) is 48.5 Å². The van der Waals surface area contributed by atoms with Gasteiger partial charge in [-0.1, -0.05) is 30.3 Å². The Morgan fingerprint density at radius 1 is 1.10 bits per heavy atom. The molecule has 0 saturated heterocycles. The van der Waals surface area contributed by atoms with E-state index in [0.717, 1.165) is 0 Å². The van der Waals surface area contributed by atoms with E-state index in [1.54, 1.807) is 36.4 Å². The van der Waals surface area contributed by atoms with Gasteiger partial charge in [0.25, 0.3) is 0 Å². The van der Waals surface area contributed by atoms with Gasteiger partial charge in [0, 0.05) is 5.56 Å². The fourth-order valence-corrected chi connectivity index (χ4v) is 1.54. The molecule has 0 aliphatic carbocycles. The molecular formula is C15H18N2O4. The molecule has 0 heterocycles. The van der Waals surface area contributed by atoms with Gasteiger partial charge in [-0.25, -0.2) is 4.79 Å². The lowest BCUT2D eigenvalue weighted by Crippen LogP contribution is -2.45. The summed E-state index contributed by atoms with van der Waals surface area (Å²) >= 11 is 0. The summed E-state index contributed by atoms with van der Waals surface area (Å²) in [6.45, 7) is 1.30. The topological polar surface area (TPSA) is 130 Å². The molecule has 21 heavy (non-hydrogen) atoms. The van der Waals surface area contributed by atoms with Crippen molar-refractivity contribution in [2.24, 2.45) is 11.5 Å². The van der Waals surface area contributed by atoms with Crippen LogP contribution in [-0.4, -0.2) is 27.1 Å². The third-order valence-electron chi connectivity index (χ3n) is 2.32. The molecule has 2 rings (SSSR count). The predicted molar refractivity (Wildman–Crippen MR) is 79.5 cm³/mol. The van der Waals surface area contributed by atoms with Crippen LogP contribution in [0, 0.1) is 0 Å². The van der Waals surface area contributed by atoms with Crippen LogP contribution in [0.5, 0.6) is 5.75 Å². The number of carbonyl (C=O) groups is 1. The molecule has 2 aromatic rings. The first-order valence-electron chi connectivity index (χ1n) is 6.10. The largest absolute Gasteiger partial charge is 0.507 e. The molecule has 2 aromatic carbocycles. The van der Waals surface area contributed by atoms with Crippen molar-refractivity contribution in [3.8, 4) is 16.9 Å². The van der Waals surface area contributed by atoms with Crippen molar-refractivity contribution < 1.29 is 20.1 Å². The van der Waals surface area contributed by atoms with E-state index >= 15 is 0 Å². The Labute approximate surface area is 122 Å². The molecule has 6 nitrogen and oxygen atoms in total. The molecule has 6 heteroatoms. The maximum Gasteiger partial charge on any atom is 0.335 e. The van der Waals surface area contributed by atoms with E-state index in [-0.39, 0.29) is 11.3 Å². The van der Waals surface area contributed by atoms with Crippen LogP contribution in [-0.2, 0) is 0 Å². The Morgan fingerprint density at radius 2 is 1.67 bits per heavy atom. The number of benzene rings is 2. The zero-order valence-electron chi connectivity index (χ0n) is 11.5. The Kier molecular flexibility index (Phi) is 5.43. The standard InChI is InChI=1S/C13H10O3.C2H8N2O/c14-12-7-2-1-6-11(12)9-4-3-5-10(8-9)13(15)16;1-2(3,4)5/h1-8,14H,(H,15,16);5H,3-4H2,1H3. The lowest BCUT2D eigenvalue weighted by molar-refractivity contribution is 0.0695. The number of rotatable bonds is 2. The summed E-state index contributed by atoms with van der Waals surface area (Å²) in [5.41, 5.74) is 10.9. The number of para-hydroxylation sites is 1. The molecule has 0 saturated carbocycles. The monoisotopic (exact) mass is 290 g/mol. The van der Waals surface area contributed by atoms with Gasteiger partial charge in [0.05, 0.1) is 5.56 Å². The van der Waals surface area contributed by atoms with Gasteiger partial charge >= 0.3 is 5.97 Å². The van der Waals surface area contributed by atoms with E-state index < -0.39 is 11.8 Å². The maximum absolute atomic E-state index is 10.8. The molecule has 0 aromatic heterocycles. The number of aliphatic hydroxyl groups is 1. The summed E-state index contributed by atoms with van der Waals surface area (Å²) in [6.07, 6.45) is 0. The fourth-order valence-electron chi connectivity index (χ4n) is 1.54. The van der Waals surface area contributed by atoms with E-state index in [1.165, 1.54) is 19.1 Å². The highest BCUT2D eigenvalue weighted by Gasteiger charge is 2.07. The normalized spacial score (nSPS) is 10.5. The molecule has 112 valence electrons. The van der Waals surface area contributed by atoms with Gasteiger partial charge in [-0.05, 0) is 30.7 Å². The minimum atomic E-state index is -1.50. The SMILES string of the molecule is CC(N)(N)O.O=C(O)c1cccc(-c2ccccc2O)c1. The van der Waals surface area contributed by atoms with Crippen LogP contribution in [0.2, 0.25) is 0 Å². The number of aromatic hydroxyl groups is 1. The van der Waals surface area contributed by atoms with Gasteiger partial charge in [0.1, 0.15) is 5.75 Å². The van der Waals surface area contributed by atoms with E-state index in [4.69, 9.17) is 10.2 Å². The predicted octanol–water partition coefficient (Wildman–Crippen LogP) is 1.33. The molecule has 0 unspecified atom stereocenters. The van der Waals surface area contributed by atoms with E-state index in [2.05, 4.69) is 11.5 Å². The third-order valence-corrected chi connectivity index (χ3v) is 2.32. The van der Waals surface area contributed by atoms with Crippen molar-refractivity contribution in [3.63, 3.8) is 0 Å². The maximum atomic E-state index is 10.8. The lowest BCUT2D eigenvalue weighted by Gasteiger charge is -2.05. The van der Waals surface area contributed by atoms with Crippen molar-refractivity contribution in [2.45, 2.75) is 12.8 Å². The smallest absolute Gasteiger partial charge is 0.335 e. The van der Waals surface area contributed by atoms with E-state index in [0.29, 0.717) is 11.1 Å². The van der Waals surface area contributed by atoms with Gasteiger partial charge in [0.2, 0.25) is 0 Å². The number of hydrogen-bond donors (Lipinski definition) is 5. The number of hydrogen-bond acceptors (Lipinski definition) is 5. The van der Waals surface area contributed by atoms with E-state index in [1.807, 2.05) is 0 Å². The van der Waals surface area contributed by atoms with E-state index in [9.17, 15) is 9.90 Å². The number of aromatic carboxylic acids is 1. The summed E-state index contributed by atoms with van der Waals surface area (Å²) < 4.78 is 0. The highest BCUT2D eigenvalue weighted by molar-refractivity contribution is 5.89. The van der Waals surface area contributed by atoms with Gasteiger partial charge in [-0.2, -0.15) is 0 Å². The summed E-state index contributed by atoms with van der Waals surface area (Å²) in [6, 6.07) is 13.3. The number of carboxylic acid groups (broad SMARTS) is 1.